The topological polar surface area (TPSA) is 103 Å². The van der Waals surface area contributed by atoms with E-state index in [0.29, 0.717) is 28.4 Å². The Labute approximate surface area is 199 Å². The van der Waals surface area contributed by atoms with Crippen molar-refractivity contribution in [1.82, 2.24) is 30.7 Å². The van der Waals surface area contributed by atoms with Crippen LogP contribution in [0.1, 0.15) is 40.5 Å². The van der Waals surface area contributed by atoms with Gasteiger partial charge in [-0.2, -0.15) is 5.10 Å². The van der Waals surface area contributed by atoms with Gasteiger partial charge >= 0.3 is 0 Å². The van der Waals surface area contributed by atoms with E-state index in [2.05, 4.69) is 63.3 Å². The van der Waals surface area contributed by atoms with Gasteiger partial charge in [0, 0.05) is 35.3 Å². The summed E-state index contributed by atoms with van der Waals surface area (Å²) in [5.41, 5.74) is 2.59. The first kappa shape index (κ1) is 24.2. The van der Waals surface area contributed by atoms with Crippen LogP contribution >= 0.6 is 24.0 Å². The van der Waals surface area contributed by atoms with Crippen LogP contribution in [0.4, 0.5) is 5.95 Å². The van der Waals surface area contributed by atoms with E-state index in [0.717, 1.165) is 24.0 Å². The molecule has 1 saturated heterocycles. The highest BCUT2D eigenvalue weighted by molar-refractivity contribution is 6.32. The van der Waals surface area contributed by atoms with E-state index in [9.17, 15) is 5.11 Å². The van der Waals surface area contributed by atoms with Crippen molar-refractivity contribution >= 4 is 30.0 Å². The predicted octanol–water partition coefficient (Wildman–Crippen LogP) is 4.45. The van der Waals surface area contributed by atoms with Crippen LogP contribution in [-0.4, -0.2) is 54.7 Å². The highest BCUT2D eigenvalue weighted by Crippen LogP contribution is 2.35. The van der Waals surface area contributed by atoms with Gasteiger partial charge in [0.1, 0.15) is 16.6 Å². The minimum Gasteiger partial charge on any atom is -0.507 e. The molecule has 0 spiro atoms. The second-order valence-corrected chi connectivity index (χ2v) is 9.92. The zero-order chi connectivity index (χ0) is 22.4. The quantitative estimate of drug-likeness (QED) is 0.509. The van der Waals surface area contributed by atoms with Crippen LogP contribution in [0.5, 0.6) is 5.75 Å². The standard InChI is InChI=1S/C22H28ClN7O.ClH/c1-21(2)9-14(10-22(3,4)29-21)30(5)20-24-12-17(26-28-20)15-7-6-13(8-18(15)31)16-11-25-27-19(16)23;/h6-8,11-12,14,29,31H,9-10H2,1-5H3,(H,25,27);1H. The lowest BCUT2D eigenvalue weighted by molar-refractivity contribution is 0.160. The summed E-state index contributed by atoms with van der Waals surface area (Å²) >= 11 is 6.09. The molecule has 0 atom stereocenters. The third-order valence-corrected chi connectivity index (χ3v) is 6.05. The molecule has 1 aliphatic rings. The van der Waals surface area contributed by atoms with Gasteiger partial charge in [-0.25, -0.2) is 4.98 Å². The lowest BCUT2D eigenvalue weighted by Gasteiger charge is -2.48. The van der Waals surface area contributed by atoms with Crippen molar-refractivity contribution in [3.8, 4) is 28.1 Å². The molecular weight excluding hydrogens is 449 g/mol. The van der Waals surface area contributed by atoms with Gasteiger partial charge < -0.3 is 15.3 Å². The second kappa shape index (κ2) is 8.84. The van der Waals surface area contributed by atoms with Crippen molar-refractivity contribution in [3.05, 3.63) is 35.7 Å². The summed E-state index contributed by atoms with van der Waals surface area (Å²) in [4.78, 5) is 6.64. The molecule has 10 heteroatoms. The molecule has 4 rings (SSSR count). The Hall–Kier alpha value is -2.42. The average Bonchev–Trinajstić information content (AvgIpc) is 3.11. The lowest BCUT2D eigenvalue weighted by atomic mass is 9.79. The first-order valence-corrected chi connectivity index (χ1v) is 10.7. The van der Waals surface area contributed by atoms with Crippen LogP contribution in [0.2, 0.25) is 5.15 Å². The number of hydrogen-bond acceptors (Lipinski definition) is 7. The molecule has 0 aliphatic carbocycles. The Morgan fingerprint density at radius 2 is 1.75 bits per heavy atom. The van der Waals surface area contributed by atoms with Crippen molar-refractivity contribution in [2.45, 2.75) is 57.7 Å². The van der Waals surface area contributed by atoms with Crippen molar-refractivity contribution in [1.29, 1.82) is 0 Å². The Morgan fingerprint density at radius 1 is 1.06 bits per heavy atom. The van der Waals surface area contributed by atoms with E-state index in [1.54, 1.807) is 24.5 Å². The summed E-state index contributed by atoms with van der Waals surface area (Å²) in [5.74, 6) is 0.650. The first-order valence-electron chi connectivity index (χ1n) is 10.3. The van der Waals surface area contributed by atoms with Crippen molar-refractivity contribution < 1.29 is 5.11 Å². The number of benzene rings is 1. The molecule has 3 aromatic rings. The average molecular weight is 478 g/mol. The second-order valence-electron chi connectivity index (χ2n) is 9.54. The van der Waals surface area contributed by atoms with Gasteiger partial charge in [0.25, 0.3) is 0 Å². The molecule has 1 aliphatic heterocycles. The van der Waals surface area contributed by atoms with E-state index in [4.69, 9.17) is 11.6 Å². The van der Waals surface area contributed by atoms with Crippen LogP contribution in [0, 0.1) is 0 Å². The summed E-state index contributed by atoms with van der Waals surface area (Å²) in [5, 5.41) is 29.9. The fourth-order valence-corrected chi connectivity index (χ4v) is 4.85. The van der Waals surface area contributed by atoms with Gasteiger partial charge in [-0.15, -0.1) is 22.6 Å². The first-order chi connectivity index (χ1) is 14.5. The zero-order valence-corrected chi connectivity index (χ0v) is 20.4. The number of hydrogen-bond donors (Lipinski definition) is 3. The normalized spacial score (nSPS) is 17.6. The number of aromatic hydroxyl groups is 1. The number of nitrogens with zero attached hydrogens (tertiary/aromatic N) is 5. The van der Waals surface area contributed by atoms with Crippen molar-refractivity contribution in [2.75, 3.05) is 11.9 Å². The summed E-state index contributed by atoms with van der Waals surface area (Å²) in [6.07, 6.45) is 5.23. The summed E-state index contributed by atoms with van der Waals surface area (Å²) in [7, 11) is 2.01. The van der Waals surface area contributed by atoms with E-state index in [1.807, 2.05) is 13.1 Å². The number of H-pyrrole nitrogens is 1. The monoisotopic (exact) mass is 477 g/mol. The Kier molecular flexibility index (Phi) is 6.70. The SMILES string of the molecule is CN(c1ncc(-c2ccc(-c3cn[nH]c3Cl)cc2O)nn1)C1CC(C)(C)NC(C)(C)C1.Cl. The van der Waals surface area contributed by atoms with Gasteiger partial charge in [-0.1, -0.05) is 17.7 Å². The fourth-order valence-electron chi connectivity index (χ4n) is 4.65. The lowest BCUT2D eigenvalue weighted by Crippen LogP contribution is -2.62. The van der Waals surface area contributed by atoms with Gasteiger partial charge in [0.05, 0.1) is 12.4 Å². The van der Waals surface area contributed by atoms with Gasteiger partial charge in [-0.3, -0.25) is 5.10 Å². The highest BCUT2D eigenvalue weighted by Gasteiger charge is 2.39. The largest absolute Gasteiger partial charge is 0.507 e. The molecule has 3 N–H and O–H groups in total. The van der Waals surface area contributed by atoms with Gasteiger partial charge in [0.2, 0.25) is 5.95 Å². The van der Waals surface area contributed by atoms with Gasteiger partial charge in [-0.05, 0) is 58.2 Å². The molecule has 1 fully saturated rings. The molecule has 3 heterocycles. The molecule has 0 bridgehead atoms. The van der Waals surface area contributed by atoms with E-state index < -0.39 is 0 Å². The zero-order valence-electron chi connectivity index (χ0n) is 18.8. The van der Waals surface area contributed by atoms with Gasteiger partial charge in [0.15, 0.2) is 0 Å². The molecule has 2 aromatic heterocycles. The van der Waals surface area contributed by atoms with Crippen LogP contribution < -0.4 is 10.2 Å². The van der Waals surface area contributed by atoms with Crippen LogP contribution in [0.15, 0.2) is 30.6 Å². The Bertz CT molecular complexity index is 1070. The molecule has 0 amide bonds. The molecule has 1 aromatic carbocycles. The molecule has 0 radical (unpaired) electrons. The molecule has 0 saturated carbocycles. The minimum atomic E-state index is 0. The van der Waals surface area contributed by atoms with Crippen LogP contribution in [0.25, 0.3) is 22.4 Å². The molecule has 172 valence electrons. The summed E-state index contributed by atoms with van der Waals surface area (Å²) in [6.45, 7) is 8.89. The van der Waals surface area contributed by atoms with Crippen LogP contribution in [0.3, 0.4) is 0 Å². The number of aromatic amines is 1. The van der Waals surface area contributed by atoms with Crippen LogP contribution in [-0.2, 0) is 0 Å². The number of piperidine rings is 1. The van der Waals surface area contributed by atoms with E-state index in [1.165, 1.54) is 0 Å². The maximum atomic E-state index is 10.5. The molecule has 32 heavy (non-hydrogen) atoms. The number of rotatable bonds is 4. The van der Waals surface area contributed by atoms with E-state index >= 15 is 0 Å². The number of phenolic OH excluding ortho intramolecular Hbond substituents is 1. The number of nitrogens with one attached hydrogen (secondary N) is 2. The maximum absolute atomic E-state index is 10.5. The maximum Gasteiger partial charge on any atom is 0.245 e. The third kappa shape index (κ3) is 4.98. The molecule has 0 unspecified atom stereocenters. The fraction of sp³-hybridized carbons (Fsp3) is 0.455. The summed E-state index contributed by atoms with van der Waals surface area (Å²) < 4.78 is 0. The predicted molar refractivity (Wildman–Crippen MR) is 129 cm³/mol. The number of phenols is 1. The third-order valence-electron chi connectivity index (χ3n) is 5.76. The molecule has 8 nitrogen and oxygen atoms in total. The van der Waals surface area contributed by atoms with Crippen molar-refractivity contribution in [3.63, 3.8) is 0 Å². The van der Waals surface area contributed by atoms with E-state index in [-0.39, 0.29) is 29.2 Å². The highest BCUT2D eigenvalue weighted by atomic mass is 35.5. The number of halogens is 2. The number of aromatic nitrogens is 5. The smallest absolute Gasteiger partial charge is 0.245 e. The minimum absolute atomic E-state index is 0. The Balaban J connectivity index is 0.00000289. The van der Waals surface area contributed by atoms with Crippen molar-refractivity contribution in [2.24, 2.45) is 0 Å². The molecular formula is C22H29Cl2N7O. The summed E-state index contributed by atoms with van der Waals surface area (Å²) in [6, 6.07) is 5.56. The number of anilines is 1. The Morgan fingerprint density at radius 3 is 2.28 bits per heavy atom.